The fraction of sp³-hybridized carbons (Fsp3) is 0.455. The summed E-state index contributed by atoms with van der Waals surface area (Å²) in [4.78, 5) is 22.2. The number of carboxylic acid groups (broad SMARTS) is 1. The van der Waals surface area contributed by atoms with Gasteiger partial charge in [-0.2, -0.15) is 0 Å². The lowest BCUT2D eigenvalue weighted by atomic mass is 10.3. The maximum absolute atomic E-state index is 11.6. The van der Waals surface area contributed by atoms with Gasteiger partial charge in [-0.3, -0.25) is 4.79 Å². The SMILES string of the molecule is O=C(O)c1ccc(CNC(=O)[C@@H]2COCCO2)o1. The minimum absolute atomic E-state index is 0.117. The summed E-state index contributed by atoms with van der Waals surface area (Å²) in [5.74, 6) is -1.23. The van der Waals surface area contributed by atoms with E-state index in [2.05, 4.69) is 5.32 Å². The van der Waals surface area contributed by atoms with E-state index in [1.165, 1.54) is 12.1 Å². The van der Waals surface area contributed by atoms with Crippen molar-refractivity contribution in [2.45, 2.75) is 12.6 Å². The van der Waals surface area contributed by atoms with Crippen LogP contribution in [0.3, 0.4) is 0 Å². The zero-order valence-corrected chi connectivity index (χ0v) is 9.55. The zero-order valence-electron chi connectivity index (χ0n) is 9.55. The van der Waals surface area contributed by atoms with E-state index in [4.69, 9.17) is 19.0 Å². The number of amides is 1. The van der Waals surface area contributed by atoms with Crippen molar-refractivity contribution in [2.75, 3.05) is 19.8 Å². The molecule has 98 valence electrons. The van der Waals surface area contributed by atoms with Crippen molar-refractivity contribution in [2.24, 2.45) is 0 Å². The molecule has 0 unspecified atom stereocenters. The van der Waals surface area contributed by atoms with Crippen molar-refractivity contribution in [3.05, 3.63) is 23.7 Å². The molecule has 1 atom stereocenters. The molecule has 2 N–H and O–H groups in total. The second kappa shape index (κ2) is 5.65. The van der Waals surface area contributed by atoms with E-state index < -0.39 is 12.1 Å². The van der Waals surface area contributed by atoms with E-state index in [-0.39, 0.29) is 24.8 Å². The highest BCUT2D eigenvalue weighted by Crippen LogP contribution is 2.08. The largest absolute Gasteiger partial charge is 0.475 e. The van der Waals surface area contributed by atoms with Gasteiger partial charge >= 0.3 is 5.97 Å². The Labute approximate surface area is 103 Å². The Morgan fingerprint density at radius 3 is 2.83 bits per heavy atom. The van der Waals surface area contributed by atoms with E-state index >= 15 is 0 Å². The molecule has 0 aliphatic carbocycles. The molecule has 1 aliphatic heterocycles. The molecule has 1 fully saturated rings. The highest BCUT2D eigenvalue weighted by atomic mass is 16.6. The van der Waals surface area contributed by atoms with Crippen LogP contribution in [-0.2, 0) is 20.8 Å². The first-order valence-corrected chi connectivity index (χ1v) is 5.46. The Hall–Kier alpha value is -1.86. The summed E-state index contributed by atoms with van der Waals surface area (Å²) in [6.45, 7) is 1.22. The van der Waals surface area contributed by atoms with Crippen LogP contribution >= 0.6 is 0 Å². The van der Waals surface area contributed by atoms with Gasteiger partial charge in [0.2, 0.25) is 5.76 Å². The molecule has 1 aromatic rings. The van der Waals surface area contributed by atoms with Gasteiger partial charge in [0.15, 0.2) is 6.10 Å². The number of hydrogen-bond acceptors (Lipinski definition) is 5. The van der Waals surface area contributed by atoms with Crippen LogP contribution in [0.15, 0.2) is 16.5 Å². The van der Waals surface area contributed by atoms with E-state index in [1.807, 2.05) is 0 Å². The fourth-order valence-corrected chi connectivity index (χ4v) is 1.52. The summed E-state index contributed by atoms with van der Waals surface area (Å²) in [7, 11) is 0. The maximum Gasteiger partial charge on any atom is 0.371 e. The number of aromatic carboxylic acids is 1. The molecule has 0 bridgehead atoms. The summed E-state index contributed by atoms with van der Waals surface area (Å²) in [5, 5.41) is 11.3. The molecule has 2 heterocycles. The van der Waals surface area contributed by atoms with Crippen molar-refractivity contribution in [3.63, 3.8) is 0 Å². The average molecular weight is 255 g/mol. The van der Waals surface area contributed by atoms with Crippen LogP contribution in [0, 0.1) is 0 Å². The lowest BCUT2D eigenvalue weighted by Crippen LogP contribution is -2.42. The Balaban J connectivity index is 1.82. The monoisotopic (exact) mass is 255 g/mol. The molecule has 18 heavy (non-hydrogen) atoms. The molecule has 7 nitrogen and oxygen atoms in total. The molecule has 0 spiro atoms. The fourth-order valence-electron chi connectivity index (χ4n) is 1.52. The summed E-state index contributed by atoms with van der Waals surface area (Å²) in [6, 6.07) is 2.84. The third kappa shape index (κ3) is 3.08. The third-order valence-electron chi connectivity index (χ3n) is 2.42. The Bertz CT molecular complexity index is 434. The molecular formula is C11H13NO6. The molecular weight excluding hydrogens is 242 g/mol. The normalized spacial score (nSPS) is 19.4. The molecule has 1 saturated heterocycles. The predicted octanol–water partition coefficient (Wildman–Crippen LogP) is 0.00940. The smallest absolute Gasteiger partial charge is 0.371 e. The molecule has 1 aromatic heterocycles. The molecule has 1 aliphatic rings. The molecule has 0 aromatic carbocycles. The lowest BCUT2D eigenvalue weighted by Gasteiger charge is -2.21. The van der Waals surface area contributed by atoms with Crippen LogP contribution in [0.2, 0.25) is 0 Å². The van der Waals surface area contributed by atoms with Gasteiger partial charge in [0.05, 0.1) is 26.4 Å². The molecule has 7 heteroatoms. The van der Waals surface area contributed by atoms with Crippen LogP contribution in [0.5, 0.6) is 0 Å². The third-order valence-corrected chi connectivity index (χ3v) is 2.42. The second-order valence-corrected chi connectivity index (χ2v) is 3.72. The van der Waals surface area contributed by atoms with E-state index in [0.717, 1.165) is 0 Å². The van der Waals surface area contributed by atoms with E-state index in [9.17, 15) is 9.59 Å². The summed E-state index contributed by atoms with van der Waals surface area (Å²) in [5.41, 5.74) is 0. The van der Waals surface area contributed by atoms with Gasteiger partial charge in [0.25, 0.3) is 5.91 Å². The van der Waals surface area contributed by atoms with Gasteiger partial charge in [-0.15, -0.1) is 0 Å². The highest BCUT2D eigenvalue weighted by Gasteiger charge is 2.22. The minimum Gasteiger partial charge on any atom is -0.475 e. The van der Waals surface area contributed by atoms with Crippen molar-refractivity contribution >= 4 is 11.9 Å². The van der Waals surface area contributed by atoms with Gasteiger partial charge in [0, 0.05) is 0 Å². The lowest BCUT2D eigenvalue weighted by molar-refractivity contribution is -0.147. The first-order valence-electron chi connectivity index (χ1n) is 5.46. The number of carbonyl (C=O) groups excluding carboxylic acids is 1. The number of carboxylic acids is 1. The number of carbonyl (C=O) groups is 2. The first-order chi connectivity index (χ1) is 8.66. The summed E-state index contributed by atoms with van der Waals surface area (Å²) in [6.07, 6.45) is -0.618. The van der Waals surface area contributed by atoms with Gasteiger partial charge in [-0.1, -0.05) is 0 Å². The van der Waals surface area contributed by atoms with Gasteiger partial charge < -0.3 is 24.3 Å². The van der Waals surface area contributed by atoms with Crippen LogP contribution < -0.4 is 5.32 Å². The minimum atomic E-state index is -1.14. The van der Waals surface area contributed by atoms with Gasteiger partial charge in [-0.25, -0.2) is 4.79 Å². The van der Waals surface area contributed by atoms with Crippen molar-refractivity contribution < 1.29 is 28.6 Å². The molecule has 0 radical (unpaired) electrons. The Morgan fingerprint density at radius 1 is 1.39 bits per heavy atom. The maximum atomic E-state index is 11.6. The first kappa shape index (κ1) is 12.6. The Kier molecular flexibility index (Phi) is 3.96. The molecule has 2 rings (SSSR count). The number of nitrogens with one attached hydrogen (secondary N) is 1. The number of furan rings is 1. The number of rotatable bonds is 4. The summed E-state index contributed by atoms with van der Waals surface area (Å²) < 4.78 is 15.3. The van der Waals surface area contributed by atoms with Crippen molar-refractivity contribution in [1.29, 1.82) is 0 Å². The van der Waals surface area contributed by atoms with Gasteiger partial charge in [-0.05, 0) is 12.1 Å². The second-order valence-electron chi connectivity index (χ2n) is 3.72. The van der Waals surface area contributed by atoms with Crippen LogP contribution in [0.25, 0.3) is 0 Å². The predicted molar refractivity (Wildman–Crippen MR) is 58.1 cm³/mol. The van der Waals surface area contributed by atoms with Crippen LogP contribution in [0.1, 0.15) is 16.3 Å². The topological polar surface area (TPSA) is 98.0 Å². The van der Waals surface area contributed by atoms with Gasteiger partial charge in [0.1, 0.15) is 5.76 Å². The average Bonchev–Trinajstić information content (AvgIpc) is 2.86. The van der Waals surface area contributed by atoms with Crippen molar-refractivity contribution in [1.82, 2.24) is 5.32 Å². The Morgan fingerprint density at radius 2 is 2.22 bits per heavy atom. The van der Waals surface area contributed by atoms with Crippen molar-refractivity contribution in [3.8, 4) is 0 Å². The quantitative estimate of drug-likeness (QED) is 0.786. The molecule has 1 amide bonds. The standard InChI is InChI=1S/C11H13NO6/c13-10(9-6-16-3-4-17-9)12-5-7-1-2-8(18-7)11(14)15/h1-2,9H,3-6H2,(H,12,13)(H,14,15)/t9-/m0/s1. The van der Waals surface area contributed by atoms with E-state index in [1.54, 1.807) is 0 Å². The van der Waals surface area contributed by atoms with Crippen LogP contribution in [-0.4, -0.2) is 42.9 Å². The zero-order chi connectivity index (χ0) is 13.0. The van der Waals surface area contributed by atoms with E-state index in [0.29, 0.717) is 19.0 Å². The highest BCUT2D eigenvalue weighted by molar-refractivity contribution is 5.84. The van der Waals surface area contributed by atoms with Crippen LogP contribution in [0.4, 0.5) is 0 Å². The molecule has 0 saturated carbocycles. The summed E-state index contributed by atoms with van der Waals surface area (Å²) >= 11 is 0. The number of hydrogen-bond donors (Lipinski definition) is 2. The number of ether oxygens (including phenoxy) is 2.